The van der Waals surface area contributed by atoms with Crippen molar-refractivity contribution >= 4 is 0 Å². The third-order valence-electron chi connectivity index (χ3n) is 1.41. The van der Waals surface area contributed by atoms with Gasteiger partial charge in [-0.3, -0.25) is 0 Å². The van der Waals surface area contributed by atoms with Gasteiger partial charge in [0.2, 0.25) is 0 Å². The maximum absolute atomic E-state index is 2.21. The average Bonchev–Trinajstić information content (AvgIpc) is 2.39. The van der Waals surface area contributed by atoms with E-state index < -0.39 is 0 Å². The van der Waals surface area contributed by atoms with Crippen molar-refractivity contribution in [3.8, 4) is 0 Å². The van der Waals surface area contributed by atoms with Crippen molar-refractivity contribution in [2.75, 3.05) is 0 Å². The highest BCUT2D eigenvalue weighted by atomic mass is 13.7. The van der Waals surface area contributed by atoms with Crippen molar-refractivity contribution in [1.29, 1.82) is 0 Å². The summed E-state index contributed by atoms with van der Waals surface area (Å²) in [5.41, 5.74) is 0. The van der Waals surface area contributed by atoms with E-state index in [1.165, 1.54) is 38.5 Å². The number of unbranched alkanes of at least 4 members (excludes halogenated alkanes) is 4. The van der Waals surface area contributed by atoms with Crippen LogP contribution < -0.4 is 0 Å². The van der Waals surface area contributed by atoms with E-state index in [9.17, 15) is 0 Å². The average molecular weight is 235 g/mol. The van der Waals surface area contributed by atoms with E-state index in [4.69, 9.17) is 0 Å². The van der Waals surface area contributed by atoms with Crippen molar-refractivity contribution in [3.05, 3.63) is 0 Å². The quantitative estimate of drug-likeness (QED) is 0.473. The minimum absolute atomic E-state index is 1.34. The minimum atomic E-state index is 1.34. The largest absolute Gasteiger partial charge is 0.0683 e. The minimum Gasteiger partial charge on any atom is -0.0683 e. The molecule has 0 aliphatic carbocycles. The zero-order chi connectivity index (χ0) is 14.2. The lowest BCUT2D eigenvalue weighted by atomic mass is 10.3. The summed E-state index contributed by atoms with van der Waals surface area (Å²) in [7, 11) is 0. The summed E-state index contributed by atoms with van der Waals surface area (Å²) >= 11 is 0. The van der Waals surface area contributed by atoms with Crippen molar-refractivity contribution < 1.29 is 0 Å². The SMILES string of the molecule is CC.CC.CC.CCCCC.CCCCC. The summed E-state index contributed by atoms with van der Waals surface area (Å²) < 4.78 is 0. The first-order valence-electron chi connectivity index (χ1n) is 7.83. The van der Waals surface area contributed by atoms with Crippen LogP contribution in [0.4, 0.5) is 0 Å². The van der Waals surface area contributed by atoms with Gasteiger partial charge in [-0.1, -0.05) is 108 Å². The summed E-state index contributed by atoms with van der Waals surface area (Å²) in [5.74, 6) is 0. The van der Waals surface area contributed by atoms with E-state index in [-0.39, 0.29) is 0 Å². The van der Waals surface area contributed by atoms with E-state index >= 15 is 0 Å². The van der Waals surface area contributed by atoms with Gasteiger partial charge >= 0.3 is 0 Å². The Balaban J connectivity index is -0.0000000345. The fraction of sp³-hybridized carbons (Fsp3) is 1.00. The number of hydrogen-bond acceptors (Lipinski definition) is 0. The molecule has 0 aliphatic heterocycles. The van der Waals surface area contributed by atoms with Gasteiger partial charge in [0.05, 0.1) is 0 Å². The molecule has 0 aromatic rings. The van der Waals surface area contributed by atoms with Gasteiger partial charge in [-0.25, -0.2) is 0 Å². The topological polar surface area (TPSA) is 0 Å². The highest BCUT2D eigenvalue weighted by molar-refractivity contribution is 4.24. The molecule has 0 unspecified atom stereocenters. The molecule has 0 amide bonds. The van der Waals surface area contributed by atoms with Gasteiger partial charge in [0.25, 0.3) is 0 Å². The molecule has 0 rings (SSSR count). The van der Waals surface area contributed by atoms with Crippen molar-refractivity contribution in [2.45, 2.75) is 108 Å². The number of rotatable bonds is 4. The summed E-state index contributed by atoms with van der Waals surface area (Å²) in [4.78, 5) is 0. The Hall–Kier alpha value is 0. The molecule has 0 radical (unpaired) electrons. The van der Waals surface area contributed by atoms with E-state index in [0.29, 0.717) is 0 Å². The summed E-state index contributed by atoms with van der Waals surface area (Å²) in [5, 5.41) is 0. The van der Waals surface area contributed by atoms with Gasteiger partial charge in [-0.15, -0.1) is 0 Å². The molecule has 0 N–H and O–H groups in total. The summed E-state index contributed by atoms with van der Waals surface area (Å²) in [6.45, 7) is 20.8. The van der Waals surface area contributed by atoms with Crippen LogP contribution in [0.15, 0.2) is 0 Å². The lowest BCUT2D eigenvalue weighted by Gasteiger charge is -1.79. The van der Waals surface area contributed by atoms with Crippen LogP contribution in [-0.2, 0) is 0 Å². The Bertz CT molecular complexity index is 21.0. The molecule has 0 aromatic carbocycles. The van der Waals surface area contributed by atoms with Crippen molar-refractivity contribution in [1.82, 2.24) is 0 Å². The molecule has 0 saturated heterocycles. The van der Waals surface area contributed by atoms with E-state index in [0.717, 1.165) is 0 Å². The Morgan fingerprint density at radius 2 is 0.500 bits per heavy atom. The first-order valence-corrected chi connectivity index (χ1v) is 7.83. The maximum Gasteiger partial charge on any atom is -0.0538 e. The summed E-state index contributed by atoms with van der Waals surface area (Å²) in [6.07, 6.45) is 8.15. The monoisotopic (exact) mass is 234 g/mol. The zero-order valence-electron chi connectivity index (χ0n) is 14.2. The zero-order valence-corrected chi connectivity index (χ0v) is 14.2. The molecule has 0 aromatic heterocycles. The Labute approximate surface area is 108 Å². The second-order valence-electron chi connectivity index (χ2n) is 2.71. The first-order chi connectivity index (χ1) is 7.83. The molecule has 0 fully saturated rings. The molecule has 0 saturated carbocycles. The smallest absolute Gasteiger partial charge is 0.0538 e. The molecule has 0 spiro atoms. The first kappa shape index (κ1) is 29.8. The number of hydrogen-bond donors (Lipinski definition) is 0. The van der Waals surface area contributed by atoms with Crippen LogP contribution in [0.1, 0.15) is 108 Å². The standard InChI is InChI=1S/2C5H12.3C2H6/c2*1-3-5-4-2;3*1-2/h2*3-5H2,1-2H3;3*1-2H3. The fourth-order valence-electron chi connectivity index (χ4n) is 0.707. The fourth-order valence-corrected chi connectivity index (χ4v) is 0.707. The van der Waals surface area contributed by atoms with E-state index in [1.54, 1.807) is 0 Å². The Morgan fingerprint density at radius 3 is 0.500 bits per heavy atom. The predicted molar refractivity (Wildman–Crippen MR) is 84.4 cm³/mol. The molecule has 106 valence electrons. The maximum atomic E-state index is 2.21. The van der Waals surface area contributed by atoms with E-state index in [2.05, 4.69) is 27.7 Å². The van der Waals surface area contributed by atoms with Gasteiger partial charge < -0.3 is 0 Å². The Morgan fingerprint density at radius 1 is 0.375 bits per heavy atom. The highest BCUT2D eigenvalue weighted by Crippen LogP contribution is 1.88. The Kier molecular flexibility index (Phi) is 152. The van der Waals surface area contributed by atoms with Crippen LogP contribution in [0.3, 0.4) is 0 Å². The summed E-state index contributed by atoms with van der Waals surface area (Å²) in [6, 6.07) is 0. The van der Waals surface area contributed by atoms with Gasteiger partial charge in [0.1, 0.15) is 0 Å². The predicted octanol–water partition coefficient (Wildman–Crippen LogP) is 7.47. The molecule has 0 heterocycles. The molecular weight excluding hydrogens is 192 g/mol. The van der Waals surface area contributed by atoms with Gasteiger partial charge in [-0.05, 0) is 0 Å². The second kappa shape index (κ2) is 81.7. The normalized spacial score (nSPS) is 6.38. The van der Waals surface area contributed by atoms with Gasteiger partial charge in [-0.2, -0.15) is 0 Å². The molecule has 0 nitrogen and oxygen atoms in total. The van der Waals surface area contributed by atoms with Gasteiger partial charge in [0.15, 0.2) is 0 Å². The van der Waals surface area contributed by atoms with E-state index in [1.807, 2.05) is 41.5 Å². The van der Waals surface area contributed by atoms with Crippen LogP contribution in [0.25, 0.3) is 0 Å². The lowest BCUT2D eigenvalue weighted by molar-refractivity contribution is 0.772. The lowest BCUT2D eigenvalue weighted by Crippen LogP contribution is -1.59. The molecule has 0 heteroatoms. The molecule has 0 aliphatic rings. The third-order valence-corrected chi connectivity index (χ3v) is 1.41. The molecule has 16 heavy (non-hydrogen) atoms. The van der Waals surface area contributed by atoms with Crippen molar-refractivity contribution in [2.24, 2.45) is 0 Å². The van der Waals surface area contributed by atoms with Crippen LogP contribution >= 0.6 is 0 Å². The second-order valence-corrected chi connectivity index (χ2v) is 2.71. The van der Waals surface area contributed by atoms with Crippen molar-refractivity contribution in [3.63, 3.8) is 0 Å². The third kappa shape index (κ3) is 148. The molecular formula is C16H42. The van der Waals surface area contributed by atoms with Gasteiger partial charge in [0, 0.05) is 0 Å². The van der Waals surface area contributed by atoms with Crippen LogP contribution in [0.2, 0.25) is 0 Å². The van der Waals surface area contributed by atoms with Crippen LogP contribution in [-0.4, -0.2) is 0 Å². The highest BCUT2D eigenvalue weighted by Gasteiger charge is 1.68. The van der Waals surface area contributed by atoms with Crippen LogP contribution in [0.5, 0.6) is 0 Å². The molecule has 0 bridgehead atoms. The molecule has 0 atom stereocenters. The van der Waals surface area contributed by atoms with Crippen LogP contribution in [0, 0.1) is 0 Å².